The zero-order chi connectivity index (χ0) is 19.7. The van der Waals surface area contributed by atoms with Crippen LogP contribution in [-0.4, -0.2) is 24.2 Å². The van der Waals surface area contributed by atoms with Gasteiger partial charge in [-0.15, -0.1) is 22.7 Å². The van der Waals surface area contributed by atoms with Gasteiger partial charge in [-0.05, 0) is 36.4 Å². The van der Waals surface area contributed by atoms with Gasteiger partial charge in [-0.3, -0.25) is 0 Å². The van der Waals surface area contributed by atoms with Crippen molar-refractivity contribution in [2.24, 2.45) is 0 Å². The predicted octanol–water partition coefficient (Wildman–Crippen LogP) is 6.92. The Morgan fingerprint density at radius 1 is 0.714 bits per heavy atom. The largest absolute Gasteiger partial charge is 0.496 e. The second-order valence-electron chi connectivity index (χ2n) is 5.77. The number of methoxy groups -OCH3 is 2. The van der Waals surface area contributed by atoms with E-state index in [4.69, 9.17) is 42.6 Å². The highest BCUT2D eigenvalue weighted by atomic mass is 35.5. The van der Waals surface area contributed by atoms with E-state index in [2.05, 4.69) is 0 Å². The smallest absolute Gasteiger partial charge is 0.152 e. The lowest BCUT2D eigenvalue weighted by Crippen LogP contribution is -1.89. The fourth-order valence-corrected chi connectivity index (χ4v) is 4.79. The Hall–Kier alpha value is -2.12. The van der Waals surface area contributed by atoms with E-state index in [1.165, 1.54) is 22.7 Å². The van der Waals surface area contributed by atoms with Crippen molar-refractivity contribution in [2.75, 3.05) is 14.2 Å². The molecule has 0 amide bonds. The molecule has 0 saturated carbocycles. The maximum absolute atomic E-state index is 6.15. The van der Waals surface area contributed by atoms with Crippen LogP contribution in [0.4, 0.5) is 0 Å². The molecular weight excluding hydrogens is 435 g/mol. The van der Waals surface area contributed by atoms with E-state index in [1.807, 2.05) is 35.0 Å². The fraction of sp³-hybridized carbons (Fsp3) is 0.100. The van der Waals surface area contributed by atoms with E-state index in [-0.39, 0.29) is 0 Å². The van der Waals surface area contributed by atoms with Crippen molar-refractivity contribution >= 4 is 45.9 Å². The molecule has 0 spiro atoms. The van der Waals surface area contributed by atoms with Crippen LogP contribution in [0.1, 0.15) is 0 Å². The summed E-state index contributed by atoms with van der Waals surface area (Å²) in [7, 11) is 3.26. The van der Waals surface area contributed by atoms with Crippen molar-refractivity contribution < 1.29 is 9.47 Å². The summed E-state index contributed by atoms with van der Waals surface area (Å²) in [6.45, 7) is 0. The van der Waals surface area contributed by atoms with Crippen LogP contribution in [0.5, 0.6) is 11.5 Å². The Labute approximate surface area is 180 Å². The average Bonchev–Trinajstić information content (AvgIpc) is 3.37. The summed E-state index contributed by atoms with van der Waals surface area (Å²) in [6.07, 6.45) is 0. The van der Waals surface area contributed by atoms with Gasteiger partial charge in [-0.25, -0.2) is 9.97 Å². The van der Waals surface area contributed by atoms with Crippen LogP contribution in [0.15, 0.2) is 47.2 Å². The Bertz CT molecular complexity index is 1050. The lowest BCUT2D eigenvalue weighted by Gasteiger charge is -2.06. The quantitative estimate of drug-likeness (QED) is 0.332. The minimum atomic E-state index is 0.634. The molecule has 0 bridgehead atoms. The van der Waals surface area contributed by atoms with Crippen molar-refractivity contribution in [1.82, 2.24) is 9.97 Å². The molecule has 0 N–H and O–H groups in total. The summed E-state index contributed by atoms with van der Waals surface area (Å²) in [5, 5.41) is 6.88. The summed E-state index contributed by atoms with van der Waals surface area (Å²) in [4.78, 5) is 9.48. The Balaban J connectivity index is 1.70. The lowest BCUT2D eigenvalue weighted by molar-refractivity contribution is 0.416. The molecule has 0 aliphatic rings. The molecule has 2 aromatic carbocycles. The maximum Gasteiger partial charge on any atom is 0.152 e. The van der Waals surface area contributed by atoms with Crippen LogP contribution in [0.3, 0.4) is 0 Å². The third-order valence-corrected chi connectivity index (χ3v) is 6.36. The molecule has 142 valence electrons. The maximum atomic E-state index is 6.15. The van der Waals surface area contributed by atoms with Gasteiger partial charge in [0.2, 0.25) is 0 Å². The SMILES string of the molecule is COc1ccc(Cl)cc1-c1csc(-c2nc(-c3cc(Cl)ccc3OC)cs2)n1. The van der Waals surface area contributed by atoms with Gasteiger partial charge in [0.25, 0.3) is 0 Å². The van der Waals surface area contributed by atoms with Crippen LogP contribution in [-0.2, 0) is 0 Å². The number of thiazole rings is 2. The average molecular weight is 449 g/mol. The lowest BCUT2D eigenvalue weighted by atomic mass is 10.1. The molecule has 8 heteroatoms. The third kappa shape index (κ3) is 3.73. The van der Waals surface area contributed by atoms with Crippen molar-refractivity contribution in [3.8, 4) is 44.0 Å². The monoisotopic (exact) mass is 448 g/mol. The molecule has 4 aromatic rings. The number of ether oxygens (including phenoxy) is 2. The van der Waals surface area contributed by atoms with Crippen LogP contribution in [0, 0.1) is 0 Å². The van der Waals surface area contributed by atoms with E-state index >= 15 is 0 Å². The molecule has 4 rings (SSSR count). The van der Waals surface area contributed by atoms with E-state index < -0.39 is 0 Å². The first-order chi connectivity index (χ1) is 13.6. The number of aromatic nitrogens is 2. The summed E-state index contributed by atoms with van der Waals surface area (Å²) in [6, 6.07) is 11.0. The molecule has 0 unspecified atom stereocenters. The third-order valence-electron chi connectivity index (χ3n) is 4.07. The van der Waals surface area contributed by atoms with Gasteiger partial charge in [-0.1, -0.05) is 23.2 Å². The highest BCUT2D eigenvalue weighted by Crippen LogP contribution is 2.39. The predicted molar refractivity (Wildman–Crippen MR) is 117 cm³/mol. The summed E-state index contributed by atoms with van der Waals surface area (Å²) in [5.74, 6) is 1.45. The molecule has 28 heavy (non-hydrogen) atoms. The minimum Gasteiger partial charge on any atom is -0.496 e. The number of rotatable bonds is 5. The zero-order valence-corrected chi connectivity index (χ0v) is 18.0. The first-order valence-corrected chi connectivity index (χ1v) is 10.7. The van der Waals surface area contributed by atoms with Crippen molar-refractivity contribution in [3.05, 3.63) is 57.2 Å². The topological polar surface area (TPSA) is 44.2 Å². The Kier molecular flexibility index (Phi) is 5.55. The first-order valence-electron chi connectivity index (χ1n) is 8.18. The van der Waals surface area contributed by atoms with Gasteiger partial charge in [-0.2, -0.15) is 0 Å². The van der Waals surface area contributed by atoms with E-state index in [9.17, 15) is 0 Å². The van der Waals surface area contributed by atoms with Gasteiger partial charge >= 0.3 is 0 Å². The number of hydrogen-bond donors (Lipinski definition) is 0. The number of nitrogens with zero attached hydrogens (tertiary/aromatic N) is 2. The molecule has 4 nitrogen and oxygen atoms in total. The summed E-state index contributed by atoms with van der Waals surface area (Å²) >= 11 is 15.3. The second kappa shape index (κ2) is 8.09. The van der Waals surface area contributed by atoms with Crippen molar-refractivity contribution in [3.63, 3.8) is 0 Å². The van der Waals surface area contributed by atoms with Crippen LogP contribution < -0.4 is 9.47 Å². The molecular formula is C20H14Cl2N2O2S2. The van der Waals surface area contributed by atoms with E-state index in [0.29, 0.717) is 10.0 Å². The molecule has 0 radical (unpaired) electrons. The number of halogens is 2. The normalized spacial score (nSPS) is 10.9. The number of benzene rings is 2. The van der Waals surface area contributed by atoms with Gasteiger partial charge in [0, 0.05) is 31.9 Å². The highest BCUT2D eigenvalue weighted by molar-refractivity contribution is 7.20. The second-order valence-corrected chi connectivity index (χ2v) is 8.35. The number of hydrogen-bond acceptors (Lipinski definition) is 6. The molecule has 0 aliphatic carbocycles. The van der Waals surface area contributed by atoms with Crippen molar-refractivity contribution in [1.29, 1.82) is 0 Å². The van der Waals surface area contributed by atoms with Crippen molar-refractivity contribution in [2.45, 2.75) is 0 Å². The summed E-state index contributed by atoms with van der Waals surface area (Å²) in [5.41, 5.74) is 3.31. The molecule has 0 aliphatic heterocycles. The zero-order valence-electron chi connectivity index (χ0n) is 14.9. The van der Waals surface area contributed by atoms with Crippen LogP contribution >= 0.6 is 45.9 Å². The minimum absolute atomic E-state index is 0.634. The highest BCUT2D eigenvalue weighted by Gasteiger charge is 2.16. The molecule has 2 heterocycles. The first kappa shape index (κ1) is 19.2. The fourth-order valence-electron chi connectivity index (χ4n) is 2.75. The van der Waals surface area contributed by atoms with Gasteiger partial charge in [0.1, 0.15) is 11.5 Å². The van der Waals surface area contributed by atoms with E-state index in [1.54, 1.807) is 26.4 Å². The standard InChI is InChI=1S/C20H14Cl2N2O2S2/c1-25-17-5-3-11(21)7-13(17)15-9-27-19(23-15)20-24-16(10-28-20)14-8-12(22)4-6-18(14)26-2/h3-10H,1-2H3. The van der Waals surface area contributed by atoms with Gasteiger partial charge < -0.3 is 9.47 Å². The molecule has 0 saturated heterocycles. The Morgan fingerprint density at radius 2 is 1.14 bits per heavy atom. The van der Waals surface area contributed by atoms with Gasteiger partial charge in [0.05, 0.1) is 25.6 Å². The molecule has 2 aromatic heterocycles. The molecule has 0 fully saturated rings. The van der Waals surface area contributed by atoms with Crippen LogP contribution in [0.25, 0.3) is 32.5 Å². The van der Waals surface area contributed by atoms with Crippen LogP contribution in [0.2, 0.25) is 10.0 Å². The Morgan fingerprint density at radius 3 is 1.54 bits per heavy atom. The van der Waals surface area contributed by atoms with Gasteiger partial charge in [0.15, 0.2) is 10.0 Å². The van der Waals surface area contributed by atoms with E-state index in [0.717, 1.165) is 44.0 Å². The summed E-state index contributed by atoms with van der Waals surface area (Å²) < 4.78 is 10.9. The molecule has 0 atom stereocenters.